The lowest BCUT2D eigenvalue weighted by Crippen LogP contribution is -2.53. The van der Waals surface area contributed by atoms with Crippen molar-refractivity contribution in [2.24, 2.45) is 4.99 Å². The Hall–Kier alpha value is -1.21. The van der Waals surface area contributed by atoms with E-state index in [-0.39, 0.29) is 0 Å². The standard InChI is InChI=1S/C21H37N5OS/c1-5-22-20(25-12-14-28-21(16-25)9-7-6-8-10-21)23-15-19-17(2)24-26(18(19)3)11-13-27-4/h5-16H2,1-4H3,(H,22,23). The quantitative estimate of drug-likeness (QED) is 0.579. The third kappa shape index (κ3) is 5.03. The highest BCUT2D eigenvalue weighted by atomic mass is 32.2. The first-order valence-electron chi connectivity index (χ1n) is 10.8. The summed E-state index contributed by atoms with van der Waals surface area (Å²) in [5.74, 6) is 2.27. The Bertz CT molecular complexity index is 660. The number of rotatable bonds is 6. The second-order valence-corrected chi connectivity index (χ2v) is 9.61. The van der Waals surface area contributed by atoms with Crippen LogP contribution in [0.5, 0.6) is 0 Å². The number of nitrogens with zero attached hydrogens (tertiary/aromatic N) is 4. The smallest absolute Gasteiger partial charge is 0.194 e. The van der Waals surface area contributed by atoms with Crippen molar-refractivity contribution in [2.45, 2.75) is 70.7 Å². The molecular weight excluding hydrogens is 370 g/mol. The van der Waals surface area contributed by atoms with E-state index in [2.05, 4.69) is 47.8 Å². The van der Waals surface area contributed by atoms with Crippen LogP contribution in [0.2, 0.25) is 0 Å². The molecule has 0 bridgehead atoms. The predicted molar refractivity (Wildman–Crippen MR) is 118 cm³/mol. The molecule has 0 radical (unpaired) electrons. The Labute approximate surface area is 174 Å². The van der Waals surface area contributed by atoms with Gasteiger partial charge < -0.3 is 15.0 Å². The van der Waals surface area contributed by atoms with Gasteiger partial charge in [-0.2, -0.15) is 16.9 Å². The van der Waals surface area contributed by atoms with Crippen LogP contribution >= 0.6 is 11.8 Å². The molecule has 6 nitrogen and oxygen atoms in total. The van der Waals surface area contributed by atoms with Crippen molar-refractivity contribution in [3.05, 3.63) is 17.0 Å². The van der Waals surface area contributed by atoms with E-state index >= 15 is 0 Å². The molecule has 28 heavy (non-hydrogen) atoms. The summed E-state index contributed by atoms with van der Waals surface area (Å²) in [7, 11) is 1.73. The van der Waals surface area contributed by atoms with Crippen LogP contribution in [-0.4, -0.2) is 64.5 Å². The zero-order valence-electron chi connectivity index (χ0n) is 18.1. The first-order chi connectivity index (χ1) is 13.6. The normalized spacial score (nSPS) is 20.0. The van der Waals surface area contributed by atoms with Crippen LogP contribution in [0.4, 0.5) is 0 Å². The van der Waals surface area contributed by atoms with E-state index in [0.717, 1.165) is 37.8 Å². The Morgan fingerprint density at radius 2 is 2.07 bits per heavy atom. The van der Waals surface area contributed by atoms with Gasteiger partial charge in [0.15, 0.2) is 5.96 Å². The number of aliphatic imine (C=N–C) groups is 1. The fraction of sp³-hybridized carbons (Fsp3) is 0.810. The van der Waals surface area contributed by atoms with Crippen molar-refractivity contribution in [1.29, 1.82) is 0 Å². The van der Waals surface area contributed by atoms with Gasteiger partial charge in [0.25, 0.3) is 0 Å². The highest BCUT2D eigenvalue weighted by Crippen LogP contribution is 2.42. The highest BCUT2D eigenvalue weighted by molar-refractivity contribution is 8.00. The summed E-state index contributed by atoms with van der Waals surface area (Å²) in [5.41, 5.74) is 3.52. The molecule has 1 N–H and O–H groups in total. The third-order valence-corrected chi connectivity index (χ3v) is 7.61. The molecule has 1 aromatic heterocycles. The summed E-state index contributed by atoms with van der Waals surface area (Å²) in [5, 5.41) is 8.23. The van der Waals surface area contributed by atoms with E-state index in [1.54, 1.807) is 7.11 Å². The van der Waals surface area contributed by atoms with Gasteiger partial charge in [-0.05, 0) is 33.6 Å². The molecule has 3 rings (SSSR count). The third-order valence-electron chi connectivity index (χ3n) is 6.07. The number of thioether (sulfide) groups is 1. The number of aromatic nitrogens is 2. The topological polar surface area (TPSA) is 54.7 Å². The molecule has 0 aromatic carbocycles. The Balaban J connectivity index is 1.73. The van der Waals surface area contributed by atoms with Gasteiger partial charge in [-0.25, -0.2) is 4.99 Å². The van der Waals surface area contributed by atoms with Crippen LogP contribution in [0.3, 0.4) is 0 Å². The van der Waals surface area contributed by atoms with Gasteiger partial charge in [0.1, 0.15) is 0 Å². The fourth-order valence-corrected chi connectivity index (χ4v) is 6.03. The summed E-state index contributed by atoms with van der Waals surface area (Å²) < 4.78 is 7.70. The maximum Gasteiger partial charge on any atom is 0.194 e. The Morgan fingerprint density at radius 1 is 1.29 bits per heavy atom. The molecule has 1 saturated carbocycles. The van der Waals surface area contributed by atoms with E-state index in [0.29, 0.717) is 17.9 Å². The first kappa shape index (κ1) is 21.5. The molecule has 2 aliphatic rings. The van der Waals surface area contributed by atoms with Crippen LogP contribution in [-0.2, 0) is 17.8 Å². The molecule has 1 saturated heterocycles. The van der Waals surface area contributed by atoms with Crippen molar-refractivity contribution in [3.8, 4) is 0 Å². The van der Waals surface area contributed by atoms with Gasteiger partial charge in [0.2, 0.25) is 0 Å². The molecule has 1 aliphatic heterocycles. The number of hydrogen-bond donors (Lipinski definition) is 1. The summed E-state index contributed by atoms with van der Waals surface area (Å²) >= 11 is 2.21. The maximum absolute atomic E-state index is 5.21. The molecule has 1 spiro atoms. The number of aryl methyl sites for hydroxylation is 1. The predicted octanol–water partition coefficient (Wildman–Crippen LogP) is 3.36. The SMILES string of the molecule is CCNC(=NCc1c(C)nn(CCOC)c1C)N1CCSC2(CCCCC2)C1. The van der Waals surface area contributed by atoms with Crippen molar-refractivity contribution < 1.29 is 4.74 Å². The van der Waals surface area contributed by atoms with Crippen LogP contribution < -0.4 is 5.32 Å². The van der Waals surface area contributed by atoms with E-state index in [1.165, 1.54) is 49.1 Å². The van der Waals surface area contributed by atoms with Gasteiger partial charge in [-0.15, -0.1) is 0 Å². The molecule has 0 atom stereocenters. The molecule has 2 heterocycles. The molecule has 1 aromatic rings. The Kier molecular flexibility index (Phi) is 7.69. The summed E-state index contributed by atoms with van der Waals surface area (Å²) in [6.45, 7) is 11.7. The Morgan fingerprint density at radius 3 is 2.79 bits per heavy atom. The maximum atomic E-state index is 5.21. The fourth-order valence-electron chi connectivity index (χ4n) is 4.46. The highest BCUT2D eigenvalue weighted by Gasteiger charge is 2.38. The van der Waals surface area contributed by atoms with E-state index in [9.17, 15) is 0 Å². The van der Waals surface area contributed by atoms with Crippen molar-refractivity contribution >= 4 is 17.7 Å². The molecule has 0 unspecified atom stereocenters. The number of guanidine groups is 1. The van der Waals surface area contributed by atoms with E-state index in [4.69, 9.17) is 9.73 Å². The van der Waals surface area contributed by atoms with Crippen molar-refractivity contribution in [3.63, 3.8) is 0 Å². The molecular formula is C21H37N5OS. The lowest BCUT2D eigenvalue weighted by molar-refractivity contribution is 0.182. The average Bonchev–Trinajstić information content (AvgIpc) is 2.97. The molecule has 158 valence electrons. The second-order valence-electron chi connectivity index (χ2n) is 8.05. The number of methoxy groups -OCH3 is 1. The molecule has 2 fully saturated rings. The van der Waals surface area contributed by atoms with Gasteiger partial charge in [-0.1, -0.05) is 19.3 Å². The number of nitrogens with one attached hydrogen (secondary N) is 1. The largest absolute Gasteiger partial charge is 0.383 e. The lowest BCUT2D eigenvalue weighted by atomic mass is 9.87. The first-order valence-corrected chi connectivity index (χ1v) is 11.8. The zero-order chi connectivity index (χ0) is 20.0. The number of ether oxygens (including phenoxy) is 1. The monoisotopic (exact) mass is 407 g/mol. The van der Waals surface area contributed by atoms with Crippen molar-refractivity contribution in [1.82, 2.24) is 20.0 Å². The zero-order valence-corrected chi connectivity index (χ0v) is 18.9. The van der Waals surface area contributed by atoms with E-state index < -0.39 is 0 Å². The van der Waals surface area contributed by atoms with Gasteiger partial charge in [-0.3, -0.25) is 4.68 Å². The van der Waals surface area contributed by atoms with Crippen molar-refractivity contribution in [2.75, 3.05) is 39.1 Å². The molecule has 0 amide bonds. The van der Waals surface area contributed by atoms with Crippen LogP contribution in [0.15, 0.2) is 4.99 Å². The molecule has 1 aliphatic carbocycles. The van der Waals surface area contributed by atoms with Crippen LogP contribution in [0.1, 0.15) is 56.0 Å². The van der Waals surface area contributed by atoms with Gasteiger partial charge in [0.05, 0.1) is 25.4 Å². The van der Waals surface area contributed by atoms with Crippen LogP contribution in [0, 0.1) is 13.8 Å². The lowest BCUT2D eigenvalue weighted by Gasteiger charge is -2.45. The average molecular weight is 408 g/mol. The summed E-state index contributed by atoms with van der Waals surface area (Å²) in [6, 6.07) is 0. The minimum absolute atomic E-state index is 0.448. The summed E-state index contributed by atoms with van der Waals surface area (Å²) in [6.07, 6.45) is 6.89. The van der Waals surface area contributed by atoms with Crippen LogP contribution in [0.25, 0.3) is 0 Å². The minimum Gasteiger partial charge on any atom is -0.383 e. The summed E-state index contributed by atoms with van der Waals surface area (Å²) in [4.78, 5) is 7.54. The second kappa shape index (κ2) is 10.0. The number of hydrogen-bond acceptors (Lipinski definition) is 4. The molecule has 7 heteroatoms. The van der Waals surface area contributed by atoms with Gasteiger partial charge in [0, 0.05) is 48.5 Å². The van der Waals surface area contributed by atoms with Gasteiger partial charge >= 0.3 is 0 Å². The minimum atomic E-state index is 0.448. The van der Waals surface area contributed by atoms with E-state index in [1.807, 2.05) is 4.68 Å².